The van der Waals surface area contributed by atoms with Crippen molar-refractivity contribution in [3.05, 3.63) is 118 Å². The second kappa shape index (κ2) is 9.42. The largest absolute Gasteiger partial charge is 0.489 e. The molecule has 0 fully saturated rings. The molecule has 1 heterocycles. The number of rotatable bonds is 7. The molecule has 0 unspecified atom stereocenters. The number of para-hydroxylation sites is 1. The summed E-state index contributed by atoms with van der Waals surface area (Å²) < 4.78 is 5.89. The lowest BCUT2D eigenvalue weighted by atomic mass is 10.2. The van der Waals surface area contributed by atoms with Gasteiger partial charge in [0.15, 0.2) is 0 Å². The van der Waals surface area contributed by atoms with Crippen molar-refractivity contribution in [1.29, 1.82) is 0 Å². The molecule has 4 heteroatoms. The maximum atomic E-state index is 13.4. The minimum atomic E-state index is -0.00291. The van der Waals surface area contributed by atoms with Gasteiger partial charge in [-0.1, -0.05) is 60.7 Å². The zero-order valence-electron chi connectivity index (χ0n) is 16.8. The van der Waals surface area contributed by atoms with Crippen molar-refractivity contribution in [3.8, 4) is 5.75 Å². The average molecular weight is 414 g/mol. The van der Waals surface area contributed by atoms with Crippen LogP contribution in [-0.4, -0.2) is 5.91 Å². The number of nitrogens with zero attached hydrogens (tertiary/aromatic N) is 1. The fourth-order valence-electron chi connectivity index (χ4n) is 3.22. The summed E-state index contributed by atoms with van der Waals surface area (Å²) in [6.07, 6.45) is 0. The van der Waals surface area contributed by atoms with Gasteiger partial charge in [-0.25, -0.2) is 0 Å². The van der Waals surface area contributed by atoms with Gasteiger partial charge in [0.1, 0.15) is 12.4 Å². The predicted molar refractivity (Wildman–Crippen MR) is 123 cm³/mol. The molecular formula is C26H23NO2S. The van der Waals surface area contributed by atoms with E-state index >= 15 is 0 Å². The molecule has 150 valence electrons. The summed E-state index contributed by atoms with van der Waals surface area (Å²) >= 11 is 1.46. The Balaban J connectivity index is 1.51. The van der Waals surface area contributed by atoms with E-state index in [1.807, 2.05) is 108 Å². The summed E-state index contributed by atoms with van der Waals surface area (Å²) in [7, 11) is 0. The third-order valence-corrected chi connectivity index (χ3v) is 5.72. The zero-order valence-corrected chi connectivity index (χ0v) is 17.6. The van der Waals surface area contributed by atoms with Crippen molar-refractivity contribution >= 4 is 22.9 Å². The van der Waals surface area contributed by atoms with Crippen LogP contribution in [0.3, 0.4) is 0 Å². The zero-order chi connectivity index (χ0) is 20.8. The Bertz CT molecular complexity index is 1110. The van der Waals surface area contributed by atoms with Crippen molar-refractivity contribution < 1.29 is 9.53 Å². The molecule has 0 radical (unpaired) electrons. The summed E-state index contributed by atoms with van der Waals surface area (Å²) in [5.41, 5.74) is 4.14. The highest BCUT2D eigenvalue weighted by atomic mass is 32.1. The fraction of sp³-hybridized carbons (Fsp3) is 0.115. The van der Waals surface area contributed by atoms with Gasteiger partial charge in [0.25, 0.3) is 5.91 Å². The standard InChI is InChI=1S/C26H23NO2S/c1-20-9-8-14-24(15-20)29-18-22-16-25(30-19-22)26(28)27(23-12-6-3-7-13-23)17-21-10-4-2-5-11-21/h2-16,19H,17-18H2,1H3. The monoisotopic (exact) mass is 413 g/mol. The lowest BCUT2D eigenvalue weighted by Gasteiger charge is -2.22. The molecule has 0 spiro atoms. The first-order chi connectivity index (χ1) is 14.7. The molecule has 3 aromatic carbocycles. The van der Waals surface area contributed by atoms with E-state index in [0.717, 1.165) is 28.1 Å². The molecule has 1 amide bonds. The van der Waals surface area contributed by atoms with Crippen LogP contribution in [0.2, 0.25) is 0 Å². The van der Waals surface area contributed by atoms with Gasteiger partial charge in [0.05, 0.1) is 11.4 Å². The fourth-order valence-corrected chi connectivity index (χ4v) is 4.07. The highest BCUT2D eigenvalue weighted by molar-refractivity contribution is 7.12. The molecule has 0 bridgehead atoms. The van der Waals surface area contributed by atoms with Crippen LogP contribution in [0.1, 0.15) is 26.4 Å². The van der Waals surface area contributed by atoms with Gasteiger partial charge in [-0.15, -0.1) is 11.3 Å². The number of anilines is 1. The number of hydrogen-bond acceptors (Lipinski definition) is 3. The van der Waals surface area contributed by atoms with Crippen LogP contribution in [0.15, 0.2) is 96.4 Å². The summed E-state index contributed by atoms with van der Waals surface area (Å²) in [5, 5.41) is 1.99. The van der Waals surface area contributed by atoms with E-state index in [1.165, 1.54) is 11.3 Å². The molecular weight excluding hydrogens is 390 g/mol. The van der Waals surface area contributed by atoms with Crippen LogP contribution in [-0.2, 0) is 13.2 Å². The van der Waals surface area contributed by atoms with E-state index in [9.17, 15) is 4.79 Å². The number of ether oxygens (including phenoxy) is 1. The first-order valence-corrected chi connectivity index (χ1v) is 10.7. The van der Waals surface area contributed by atoms with Crippen LogP contribution in [0, 0.1) is 6.92 Å². The van der Waals surface area contributed by atoms with Gasteiger partial charge in [0, 0.05) is 11.3 Å². The molecule has 4 aromatic rings. The van der Waals surface area contributed by atoms with Gasteiger partial charge >= 0.3 is 0 Å². The Kier molecular flexibility index (Phi) is 6.26. The van der Waals surface area contributed by atoms with Crippen molar-refractivity contribution in [2.45, 2.75) is 20.1 Å². The van der Waals surface area contributed by atoms with E-state index in [0.29, 0.717) is 18.0 Å². The number of aryl methyl sites for hydroxylation is 1. The number of benzene rings is 3. The number of carbonyl (C=O) groups excluding carboxylic acids is 1. The maximum absolute atomic E-state index is 13.4. The lowest BCUT2D eigenvalue weighted by molar-refractivity contribution is 0.0989. The van der Waals surface area contributed by atoms with Crippen LogP contribution in [0.25, 0.3) is 0 Å². The Morgan fingerprint density at radius 2 is 1.60 bits per heavy atom. The van der Waals surface area contributed by atoms with E-state index in [4.69, 9.17) is 4.74 Å². The van der Waals surface area contributed by atoms with Crippen LogP contribution < -0.4 is 9.64 Å². The average Bonchev–Trinajstić information content (AvgIpc) is 3.26. The van der Waals surface area contributed by atoms with Gasteiger partial charge < -0.3 is 9.64 Å². The quantitative estimate of drug-likeness (QED) is 0.347. The molecule has 0 saturated heterocycles. The highest BCUT2D eigenvalue weighted by Gasteiger charge is 2.20. The van der Waals surface area contributed by atoms with Gasteiger partial charge in [0.2, 0.25) is 0 Å². The van der Waals surface area contributed by atoms with Gasteiger partial charge in [-0.3, -0.25) is 4.79 Å². The third kappa shape index (κ3) is 4.97. The third-order valence-electron chi connectivity index (χ3n) is 4.76. The number of hydrogen-bond donors (Lipinski definition) is 0. The summed E-state index contributed by atoms with van der Waals surface area (Å²) in [4.78, 5) is 15.9. The summed E-state index contributed by atoms with van der Waals surface area (Å²) in [5.74, 6) is 0.834. The molecule has 1 aromatic heterocycles. The molecule has 30 heavy (non-hydrogen) atoms. The second-order valence-corrected chi connectivity index (χ2v) is 8.05. The topological polar surface area (TPSA) is 29.5 Å². The highest BCUT2D eigenvalue weighted by Crippen LogP contribution is 2.24. The van der Waals surface area contributed by atoms with Crippen LogP contribution in [0.4, 0.5) is 5.69 Å². The molecule has 0 atom stereocenters. The smallest absolute Gasteiger partial charge is 0.268 e. The van der Waals surface area contributed by atoms with Gasteiger partial charge in [-0.2, -0.15) is 0 Å². The molecule has 4 rings (SSSR count). The molecule has 0 aliphatic carbocycles. The summed E-state index contributed by atoms with van der Waals surface area (Å²) in [6, 6.07) is 29.8. The Hall–Kier alpha value is -3.37. The summed E-state index contributed by atoms with van der Waals surface area (Å²) in [6.45, 7) is 3.01. The number of amides is 1. The van der Waals surface area contributed by atoms with Crippen molar-refractivity contribution in [2.75, 3.05) is 4.90 Å². The van der Waals surface area contributed by atoms with E-state index < -0.39 is 0 Å². The minimum Gasteiger partial charge on any atom is -0.489 e. The second-order valence-electron chi connectivity index (χ2n) is 7.14. The van der Waals surface area contributed by atoms with Crippen molar-refractivity contribution in [2.24, 2.45) is 0 Å². The van der Waals surface area contributed by atoms with Crippen LogP contribution in [0.5, 0.6) is 5.75 Å². The Labute approximate surface area is 181 Å². The minimum absolute atomic E-state index is 0.00291. The number of thiophene rings is 1. The first kappa shape index (κ1) is 19.9. The Morgan fingerprint density at radius 3 is 2.33 bits per heavy atom. The van der Waals surface area contributed by atoms with Crippen LogP contribution >= 0.6 is 11.3 Å². The first-order valence-electron chi connectivity index (χ1n) is 9.87. The maximum Gasteiger partial charge on any atom is 0.268 e. The van der Waals surface area contributed by atoms with E-state index in [2.05, 4.69) is 0 Å². The lowest BCUT2D eigenvalue weighted by Crippen LogP contribution is -2.29. The molecule has 0 aliphatic heterocycles. The van der Waals surface area contributed by atoms with Crippen molar-refractivity contribution in [1.82, 2.24) is 0 Å². The molecule has 0 aliphatic rings. The molecule has 3 nitrogen and oxygen atoms in total. The van der Waals surface area contributed by atoms with Gasteiger partial charge in [-0.05, 0) is 53.8 Å². The normalized spacial score (nSPS) is 10.6. The SMILES string of the molecule is Cc1cccc(OCc2csc(C(=O)N(Cc3ccccc3)c3ccccc3)c2)c1. The van der Waals surface area contributed by atoms with E-state index in [-0.39, 0.29) is 5.91 Å². The molecule has 0 N–H and O–H groups in total. The molecule has 0 saturated carbocycles. The Morgan fingerprint density at radius 1 is 0.867 bits per heavy atom. The number of carbonyl (C=O) groups is 1. The van der Waals surface area contributed by atoms with E-state index in [1.54, 1.807) is 0 Å². The predicted octanol–water partition coefficient (Wildman–Crippen LogP) is 6.48. The van der Waals surface area contributed by atoms with Crippen molar-refractivity contribution in [3.63, 3.8) is 0 Å².